The van der Waals surface area contributed by atoms with E-state index in [2.05, 4.69) is 31.4 Å². The Labute approximate surface area is 203 Å². The first-order valence-corrected chi connectivity index (χ1v) is 12.8. The monoisotopic (exact) mass is 553 g/mol. The highest BCUT2D eigenvalue weighted by Crippen LogP contribution is 2.41. The second kappa shape index (κ2) is 9.80. The first kappa shape index (κ1) is 24.3. The normalized spacial score (nSPS) is 15.7. The van der Waals surface area contributed by atoms with Crippen LogP contribution in [-0.2, 0) is 25.1 Å². The van der Waals surface area contributed by atoms with Crippen LogP contribution in [0.15, 0.2) is 51.5 Å². The number of rotatable bonds is 8. The molecule has 2 aromatic carbocycles. The summed E-state index contributed by atoms with van der Waals surface area (Å²) in [5.74, 6) is -1.67. The number of sulfone groups is 1. The van der Waals surface area contributed by atoms with Crippen LogP contribution in [0.2, 0.25) is 0 Å². The Balaban J connectivity index is 1.72. The summed E-state index contributed by atoms with van der Waals surface area (Å²) in [4.78, 5) is 15.4. The third kappa shape index (κ3) is 4.98. The molecule has 1 aliphatic rings. The topological polar surface area (TPSA) is 132 Å². The van der Waals surface area contributed by atoms with Crippen molar-refractivity contribution >= 4 is 31.7 Å². The van der Waals surface area contributed by atoms with Crippen molar-refractivity contribution in [3.63, 3.8) is 0 Å². The number of aliphatic carboxylic acids is 1. The number of hydrogen-bond donors (Lipinski definition) is 2. The second-order valence-corrected chi connectivity index (χ2v) is 11.1. The lowest BCUT2D eigenvalue weighted by atomic mass is 9.96. The summed E-state index contributed by atoms with van der Waals surface area (Å²) in [6.07, 6.45) is 0.465. The third-order valence-electron chi connectivity index (χ3n) is 5.63. The molecule has 2 N–H and O–H groups in total. The molecule has 0 aliphatic carbocycles. The average Bonchev–Trinajstić information content (AvgIpc) is 3.30. The Kier molecular flexibility index (Phi) is 7.01. The number of benzene rings is 2. The number of nitrogens with zero attached hydrogens (tertiary/aromatic N) is 2. The minimum Gasteiger partial charge on any atom is -0.481 e. The molecule has 9 nitrogen and oxygen atoms in total. The maximum atomic E-state index is 13.7. The Morgan fingerprint density at radius 2 is 1.91 bits per heavy atom. The molecule has 1 aromatic heterocycles. The zero-order chi connectivity index (χ0) is 24.3. The van der Waals surface area contributed by atoms with Gasteiger partial charge >= 0.3 is 5.97 Å². The van der Waals surface area contributed by atoms with Crippen LogP contribution in [0.25, 0.3) is 11.5 Å². The molecule has 12 heteroatoms. The maximum Gasteiger partial charge on any atom is 0.341 e. The van der Waals surface area contributed by atoms with Crippen LogP contribution in [-0.4, -0.2) is 49.3 Å². The zero-order valence-corrected chi connectivity index (χ0v) is 20.2. The second-order valence-electron chi connectivity index (χ2n) is 7.88. The van der Waals surface area contributed by atoms with Gasteiger partial charge in [0.05, 0.1) is 11.3 Å². The Morgan fingerprint density at radius 3 is 2.59 bits per heavy atom. The van der Waals surface area contributed by atoms with E-state index in [0.717, 1.165) is 0 Å². The fourth-order valence-corrected chi connectivity index (χ4v) is 6.35. The van der Waals surface area contributed by atoms with Crippen LogP contribution in [0.5, 0.6) is 5.75 Å². The number of carbonyl (C=O) groups is 1. The molecule has 0 radical (unpaired) electrons. The number of aromatic nitrogens is 2. The fourth-order valence-electron chi connectivity index (χ4n) is 3.90. The van der Waals surface area contributed by atoms with Crippen molar-refractivity contribution in [1.29, 1.82) is 0 Å². The Hall–Kier alpha value is -2.83. The number of carboxylic acid groups (broad SMARTS) is 1. The zero-order valence-electron chi connectivity index (χ0n) is 17.8. The van der Waals surface area contributed by atoms with Gasteiger partial charge in [0.2, 0.25) is 0 Å². The maximum absolute atomic E-state index is 13.7. The number of nitrogens with one attached hydrogen (secondary N) is 1. The van der Waals surface area contributed by atoms with Crippen LogP contribution in [0.3, 0.4) is 0 Å². The predicted octanol–water partition coefficient (Wildman–Crippen LogP) is 3.30. The third-order valence-corrected chi connectivity index (χ3v) is 8.62. The summed E-state index contributed by atoms with van der Waals surface area (Å²) < 4.78 is 50.7. The summed E-state index contributed by atoms with van der Waals surface area (Å²) in [5, 5.41) is 16.1. The first-order chi connectivity index (χ1) is 16.2. The van der Waals surface area contributed by atoms with Crippen molar-refractivity contribution in [2.45, 2.75) is 23.3 Å². The Bertz CT molecular complexity index is 1290. The molecule has 0 saturated carbocycles. The highest BCUT2D eigenvalue weighted by atomic mass is 79.9. The van der Waals surface area contributed by atoms with E-state index >= 15 is 0 Å². The fraction of sp³-hybridized carbons (Fsp3) is 0.318. The molecule has 0 spiro atoms. The van der Waals surface area contributed by atoms with Crippen LogP contribution < -0.4 is 10.1 Å². The largest absolute Gasteiger partial charge is 0.481 e. The van der Waals surface area contributed by atoms with Gasteiger partial charge in [0.15, 0.2) is 22.3 Å². The molecule has 1 saturated heterocycles. The predicted molar refractivity (Wildman–Crippen MR) is 123 cm³/mol. The van der Waals surface area contributed by atoms with Crippen LogP contribution in [0, 0.1) is 5.82 Å². The van der Waals surface area contributed by atoms with Gasteiger partial charge in [-0.2, -0.15) is 4.98 Å². The molecule has 2 heterocycles. The van der Waals surface area contributed by atoms with E-state index in [0.29, 0.717) is 28.7 Å². The average molecular weight is 554 g/mol. The summed E-state index contributed by atoms with van der Waals surface area (Å²) in [5.41, 5.74) is 0.786. The summed E-state index contributed by atoms with van der Waals surface area (Å²) in [7, 11) is -3.84. The summed E-state index contributed by atoms with van der Waals surface area (Å²) in [6.45, 7) is 0.310. The number of piperidine rings is 1. The van der Waals surface area contributed by atoms with E-state index in [4.69, 9.17) is 14.4 Å². The molecule has 3 aromatic rings. The van der Waals surface area contributed by atoms with E-state index in [9.17, 15) is 17.6 Å². The van der Waals surface area contributed by atoms with Gasteiger partial charge in [0.1, 0.15) is 16.3 Å². The SMILES string of the molecule is O=C(O)COc1ccc(Br)cc1-c1nc(C2(S(=O)(=O)Cc3ccc(F)cc3)CCNCC2)no1. The molecular weight excluding hydrogens is 533 g/mol. The van der Waals surface area contributed by atoms with Gasteiger partial charge in [-0.25, -0.2) is 17.6 Å². The quantitative estimate of drug-likeness (QED) is 0.431. The van der Waals surface area contributed by atoms with Crippen LogP contribution >= 0.6 is 15.9 Å². The molecule has 4 rings (SSSR count). The highest BCUT2D eigenvalue weighted by molar-refractivity contribution is 9.10. The molecule has 0 bridgehead atoms. The molecule has 0 unspecified atom stereocenters. The van der Waals surface area contributed by atoms with Crippen molar-refractivity contribution in [2.75, 3.05) is 19.7 Å². The Morgan fingerprint density at radius 1 is 1.21 bits per heavy atom. The van der Waals surface area contributed by atoms with Crippen LogP contribution in [0.4, 0.5) is 4.39 Å². The highest BCUT2D eigenvalue weighted by Gasteiger charge is 2.49. The van der Waals surface area contributed by atoms with E-state index in [1.54, 1.807) is 18.2 Å². The number of halogens is 2. The van der Waals surface area contributed by atoms with Gasteiger partial charge < -0.3 is 19.7 Å². The summed E-state index contributed by atoms with van der Waals surface area (Å²) >= 11 is 3.35. The molecule has 34 heavy (non-hydrogen) atoms. The van der Waals surface area contributed by atoms with Crippen molar-refractivity contribution in [1.82, 2.24) is 15.5 Å². The van der Waals surface area contributed by atoms with E-state index < -0.39 is 33.0 Å². The van der Waals surface area contributed by atoms with Gasteiger partial charge in [-0.05, 0) is 61.8 Å². The van der Waals surface area contributed by atoms with Gasteiger partial charge in [0.25, 0.3) is 5.89 Å². The standard InChI is InChI=1S/C22H21BrFN3O6S/c23-15-3-6-18(32-12-19(28)29)17(11-15)20-26-21(27-33-20)22(7-9-25-10-8-22)34(30,31)13-14-1-4-16(24)5-2-14/h1-6,11,25H,7-10,12-13H2,(H,28,29). The lowest BCUT2D eigenvalue weighted by Gasteiger charge is -2.34. The van der Waals surface area contributed by atoms with Gasteiger partial charge in [0, 0.05) is 4.47 Å². The van der Waals surface area contributed by atoms with Crippen molar-refractivity contribution in [3.8, 4) is 17.2 Å². The van der Waals surface area contributed by atoms with Crippen molar-refractivity contribution in [3.05, 3.63) is 64.1 Å². The number of carboxylic acids is 1. The smallest absolute Gasteiger partial charge is 0.341 e. The lowest BCUT2D eigenvalue weighted by Crippen LogP contribution is -2.46. The van der Waals surface area contributed by atoms with Gasteiger partial charge in [-0.3, -0.25) is 0 Å². The molecule has 180 valence electrons. The van der Waals surface area contributed by atoms with Crippen molar-refractivity contribution in [2.24, 2.45) is 0 Å². The minimum absolute atomic E-state index is 0.00609. The van der Waals surface area contributed by atoms with Crippen LogP contribution in [0.1, 0.15) is 24.2 Å². The molecule has 0 amide bonds. The van der Waals surface area contributed by atoms with E-state index in [1.807, 2.05) is 0 Å². The molecule has 0 atom stereocenters. The minimum atomic E-state index is -3.84. The van der Waals surface area contributed by atoms with E-state index in [-0.39, 0.29) is 36.1 Å². The number of hydrogen-bond acceptors (Lipinski definition) is 8. The van der Waals surface area contributed by atoms with Crippen molar-refractivity contribution < 1.29 is 32.0 Å². The molecular formula is C22H21BrFN3O6S. The van der Waals surface area contributed by atoms with Gasteiger partial charge in [-0.1, -0.05) is 33.2 Å². The van der Waals surface area contributed by atoms with E-state index in [1.165, 1.54) is 24.3 Å². The lowest BCUT2D eigenvalue weighted by molar-refractivity contribution is -0.139. The first-order valence-electron chi connectivity index (χ1n) is 10.4. The molecule has 1 aliphatic heterocycles. The van der Waals surface area contributed by atoms with Gasteiger partial charge in [-0.15, -0.1) is 0 Å². The number of ether oxygens (including phenoxy) is 1. The summed E-state index contributed by atoms with van der Waals surface area (Å²) in [6, 6.07) is 10.2. The molecule has 1 fully saturated rings.